The second-order valence-electron chi connectivity index (χ2n) is 3.95. The first-order valence-electron chi connectivity index (χ1n) is 6.60. The zero-order chi connectivity index (χ0) is 18.9. The molecule has 0 aromatic heterocycles. The highest BCUT2D eigenvalue weighted by Crippen LogP contribution is 2.02. The standard InChI is InChI=1S/C14H14N6O5/c15-13(24)20(9-3-6-18-12-23)14(25)19(7-1-4-16-10-21)8-2-5-17-11-22/h1-6H,7-9H2,(H2,15,24). The quantitative estimate of drug-likeness (QED) is 0.470. The highest BCUT2D eigenvalue weighted by molar-refractivity contribution is 5.93. The molecule has 0 saturated carbocycles. The van der Waals surface area contributed by atoms with Crippen LogP contribution in [0.3, 0.4) is 0 Å². The van der Waals surface area contributed by atoms with E-state index in [4.69, 9.17) is 5.73 Å². The van der Waals surface area contributed by atoms with Crippen molar-refractivity contribution >= 4 is 30.3 Å². The minimum atomic E-state index is -1.03. The van der Waals surface area contributed by atoms with Gasteiger partial charge >= 0.3 is 12.1 Å². The third-order valence-electron chi connectivity index (χ3n) is 2.40. The van der Waals surface area contributed by atoms with Gasteiger partial charge in [0.2, 0.25) is 18.2 Å². The monoisotopic (exact) mass is 346 g/mol. The smallest absolute Gasteiger partial charge is 0.329 e. The number of nitrogens with zero attached hydrogens (tertiary/aromatic N) is 5. The normalized spacial score (nSPS) is 10.1. The second kappa shape index (κ2) is 13.7. The predicted molar refractivity (Wildman–Crippen MR) is 85.0 cm³/mol. The van der Waals surface area contributed by atoms with Crippen LogP contribution in [0.4, 0.5) is 9.59 Å². The van der Waals surface area contributed by atoms with Crippen molar-refractivity contribution in [2.24, 2.45) is 20.7 Å². The Kier molecular flexibility index (Phi) is 11.6. The molecule has 2 N–H and O–H groups in total. The van der Waals surface area contributed by atoms with Gasteiger partial charge in [-0.05, 0) is 18.2 Å². The molecular weight excluding hydrogens is 332 g/mol. The lowest BCUT2D eigenvalue weighted by atomic mass is 10.4. The Balaban J connectivity index is 5.25. The molecule has 11 nitrogen and oxygen atoms in total. The molecule has 0 heterocycles. The average Bonchev–Trinajstić information content (AvgIpc) is 2.59. The Morgan fingerprint density at radius 1 is 0.800 bits per heavy atom. The summed E-state index contributed by atoms with van der Waals surface area (Å²) in [5.74, 6) is 0. The summed E-state index contributed by atoms with van der Waals surface area (Å²) in [5, 5.41) is 0. The van der Waals surface area contributed by atoms with E-state index in [-0.39, 0.29) is 19.6 Å². The van der Waals surface area contributed by atoms with Gasteiger partial charge in [-0.2, -0.15) is 15.0 Å². The van der Waals surface area contributed by atoms with E-state index in [1.54, 1.807) is 0 Å². The van der Waals surface area contributed by atoms with Gasteiger partial charge in [0.05, 0.1) is 6.54 Å². The Bertz CT molecular complexity index is 665. The zero-order valence-electron chi connectivity index (χ0n) is 12.9. The molecule has 0 aromatic rings. The summed E-state index contributed by atoms with van der Waals surface area (Å²) in [5.41, 5.74) is 5.16. The summed E-state index contributed by atoms with van der Waals surface area (Å²) in [7, 11) is 0. The van der Waals surface area contributed by atoms with Gasteiger partial charge in [0.25, 0.3) is 0 Å². The van der Waals surface area contributed by atoms with E-state index in [1.165, 1.54) is 36.5 Å². The molecule has 25 heavy (non-hydrogen) atoms. The Morgan fingerprint density at radius 2 is 1.20 bits per heavy atom. The van der Waals surface area contributed by atoms with Crippen LogP contribution >= 0.6 is 0 Å². The van der Waals surface area contributed by atoms with Crippen molar-refractivity contribution in [3.05, 3.63) is 36.8 Å². The fraction of sp³-hybridized carbons (Fsp3) is 0.214. The van der Waals surface area contributed by atoms with Crippen LogP contribution in [0.15, 0.2) is 51.8 Å². The molecule has 0 unspecified atom stereocenters. The summed E-state index contributed by atoms with van der Waals surface area (Å²) in [6.07, 6.45) is 11.1. The van der Waals surface area contributed by atoms with Gasteiger partial charge in [-0.1, -0.05) is 0 Å². The van der Waals surface area contributed by atoms with Gasteiger partial charge in [0.1, 0.15) is 0 Å². The van der Waals surface area contributed by atoms with Crippen LogP contribution in [0.5, 0.6) is 0 Å². The van der Waals surface area contributed by atoms with Crippen LogP contribution in [0.1, 0.15) is 0 Å². The van der Waals surface area contributed by atoms with Crippen molar-refractivity contribution < 1.29 is 24.0 Å². The number of isocyanates is 3. The lowest BCUT2D eigenvalue weighted by Crippen LogP contribution is -2.48. The molecule has 0 aromatic carbocycles. The van der Waals surface area contributed by atoms with E-state index in [0.717, 1.165) is 23.5 Å². The number of carbonyl (C=O) groups excluding carboxylic acids is 5. The van der Waals surface area contributed by atoms with Crippen molar-refractivity contribution in [3.63, 3.8) is 0 Å². The minimum absolute atomic E-state index is 0.0286. The predicted octanol–water partition coefficient (Wildman–Crippen LogP) is 0.338. The fourth-order valence-corrected chi connectivity index (χ4v) is 1.41. The topological polar surface area (TPSA) is 155 Å². The van der Waals surface area contributed by atoms with Gasteiger partial charge in [-0.3, -0.25) is 0 Å². The van der Waals surface area contributed by atoms with Gasteiger partial charge in [0.15, 0.2) is 0 Å². The zero-order valence-corrected chi connectivity index (χ0v) is 12.9. The molecule has 0 rings (SSSR count). The molecule has 0 fully saturated rings. The van der Waals surface area contributed by atoms with E-state index in [9.17, 15) is 24.0 Å². The number of primary amides is 1. The number of hydrogen-bond donors (Lipinski definition) is 1. The highest BCUT2D eigenvalue weighted by atomic mass is 16.2. The molecule has 0 aliphatic rings. The van der Waals surface area contributed by atoms with Crippen molar-refractivity contribution in [3.8, 4) is 0 Å². The van der Waals surface area contributed by atoms with E-state index in [2.05, 4.69) is 15.0 Å². The molecule has 130 valence electrons. The van der Waals surface area contributed by atoms with Crippen LogP contribution in [0, 0.1) is 0 Å². The van der Waals surface area contributed by atoms with Crippen LogP contribution < -0.4 is 5.73 Å². The summed E-state index contributed by atoms with van der Waals surface area (Å²) in [6.45, 7) is -0.291. The molecule has 0 atom stereocenters. The SMILES string of the molecule is NC(=O)N(CC=CN=C=O)C(=O)N(CC=CN=C=O)CC=CN=C=O. The Hall–Kier alpha value is -3.90. The Labute approximate surface area is 142 Å². The molecule has 0 bridgehead atoms. The van der Waals surface area contributed by atoms with Crippen LogP contribution in [-0.2, 0) is 14.4 Å². The molecule has 0 aliphatic carbocycles. The van der Waals surface area contributed by atoms with E-state index in [0.29, 0.717) is 4.90 Å². The number of amides is 4. The largest absolute Gasteiger partial charge is 0.351 e. The van der Waals surface area contributed by atoms with Crippen molar-refractivity contribution in [1.82, 2.24) is 9.80 Å². The Morgan fingerprint density at radius 3 is 1.56 bits per heavy atom. The minimum Gasteiger partial charge on any atom is -0.351 e. The van der Waals surface area contributed by atoms with E-state index in [1.807, 2.05) is 0 Å². The molecule has 0 saturated heterocycles. The maximum absolute atomic E-state index is 12.4. The highest BCUT2D eigenvalue weighted by Gasteiger charge is 2.22. The summed E-state index contributed by atoms with van der Waals surface area (Å²) in [4.78, 5) is 65.1. The number of urea groups is 2. The molecule has 0 aliphatic heterocycles. The number of rotatable bonds is 9. The lowest BCUT2D eigenvalue weighted by molar-refractivity contribution is 0.169. The van der Waals surface area contributed by atoms with Gasteiger partial charge in [-0.25, -0.2) is 28.9 Å². The summed E-state index contributed by atoms with van der Waals surface area (Å²) < 4.78 is 0. The van der Waals surface area contributed by atoms with Crippen LogP contribution in [0.2, 0.25) is 0 Å². The van der Waals surface area contributed by atoms with Gasteiger partial charge in [-0.15, -0.1) is 0 Å². The van der Waals surface area contributed by atoms with Crippen molar-refractivity contribution in [1.29, 1.82) is 0 Å². The molecule has 4 amide bonds. The fourth-order valence-electron chi connectivity index (χ4n) is 1.41. The number of nitrogens with two attached hydrogens (primary N) is 1. The molecule has 0 radical (unpaired) electrons. The van der Waals surface area contributed by atoms with Crippen LogP contribution in [0.25, 0.3) is 0 Å². The summed E-state index contributed by atoms with van der Waals surface area (Å²) >= 11 is 0. The maximum Gasteiger partial charge on any atom is 0.329 e. The average molecular weight is 346 g/mol. The number of carbonyl (C=O) groups is 2. The first-order valence-corrected chi connectivity index (χ1v) is 6.60. The van der Waals surface area contributed by atoms with Crippen molar-refractivity contribution in [2.45, 2.75) is 0 Å². The van der Waals surface area contributed by atoms with Gasteiger partial charge < -0.3 is 10.6 Å². The second-order valence-corrected chi connectivity index (χ2v) is 3.95. The van der Waals surface area contributed by atoms with E-state index < -0.39 is 12.1 Å². The summed E-state index contributed by atoms with van der Waals surface area (Å²) in [6, 6.07) is -1.80. The van der Waals surface area contributed by atoms with E-state index >= 15 is 0 Å². The molecule has 0 spiro atoms. The first-order chi connectivity index (χ1) is 12.1. The molecule has 11 heteroatoms. The number of aliphatic imine (C=N–C) groups is 3. The number of imide groups is 1. The maximum atomic E-state index is 12.4. The van der Waals surface area contributed by atoms with Gasteiger partial charge in [0, 0.05) is 31.7 Å². The lowest BCUT2D eigenvalue weighted by Gasteiger charge is -2.25. The number of hydrogen-bond acceptors (Lipinski definition) is 8. The first kappa shape index (κ1) is 21.1. The molecular formula is C14H14N6O5. The van der Waals surface area contributed by atoms with Crippen molar-refractivity contribution in [2.75, 3.05) is 19.6 Å². The third-order valence-corrected chi connectivity index (χ3v) is 2.40. The third kappa shape index (κ3) is 9.67. The van der Waals surface area contributed by atoms with Crippen LogP contribution in [-0.4, -0.2) is 59.7 Å².